The fraction of sp³-hybridized carbons (Fsp3) is 0.667. The van der Waals surface area contributed by atoms with E-state index in [9.17, 15) is 9.59 Å². The van der Waals surface area contributed by atoms with Crippen LogP contribution in [0.1, 0.15) is 6.92 Å². The van der Waals surface area contributed by atoms with Gasteiger partial charge in [0.15, 0.2) is 0 Å². The van der Waals surface area contributed by atoms with Crippen LogP contribution in [0, 0.1) is 0 Å². The first kappa shape index (κ1) is 8.00. The summed E-state index contributed by atoms with van der Waals surface area (Å²) in [5.41, 5.74) is 5.31. The summed E-state index contributed by atoms with van der Waals surface area (Å²) < 4.78 is 0. The Morgan fingerprint density at radius 2 is 2.45 bits per heavy atom. The Hall–Kier alpha value is -1.10. The number of imide groups is 1. The Labute approximate surface area is 64.5 Å². The Bertz CT molecular complexity index is 190. The van der Waals surface area contributed by atoms with Gasteiger partial charge in [-0.3, -0.25) is 9.69 Å². The van der Waals surface area contributed by atoms with E-state index in [1.54, 1.807) is 6.92 Å². The number of rotatable bonds is 1. The minimum absolute atomic E-state index is 0.319. The number of carbonyl (C=O) groups excluding carboxylic acids is 2. The first-order valence-electron chi connectivity index (χ1n) is 3.47. The van der Waals surface area contributed by atoms with E-state index in [0.29, 0.717) is 13.1 Å². The number of urea groups is 1. The fourth-order valence-corrected chi connectivity index (χ4v) is 0.928. The van der Waals surface area contributed by atoms with Crippen molar-refractivity contribution in [3.8, 4) is 0 Å². The van der Waals surface area contributed by atoms with Gasteiger partial charge in [-0.15, -0.1) is 0 Å². The molecule has 1 aliphatic heterocycles. The van der Waals surface area contributed by atoms with Crippen LogP contribution >= 0.6 is 0 Å². The average Bonchev–Trinajstić information content (AvgIpc) is 2.33. The third-order valence-electron chi connectivity index (χ3n) is 1.51. The number of carbonyl (C=O) groups is 2. The number of amides is 3. The molecule has 0 aromatic carbocycles. The molecule has 1 atom stereocenters. The zero-order chi connectivity index (χ0) is 8.43. The van der Waals surface area contributed by atoms with E-state index >= 15 is 0 Å². The lowest BCUT2D eigenvalue weighted by Crippen LogP contribution is -2.43. The van der Waals surface area contributed by atoms with Gasteiger partial charge in [0.05, 0.1) is 6.04 Å². The molecule has 1 saturated heterocycles. The SMILES string of the molecule is CC(N)C(=O)N1CCNC1=O. The van der Waals surface area contributed by atoms with Gasteiger partial charge >= 0.3 is 6.03 Å². The van der Waals surface area contributed by atoms with Gasteiger partial charge in [-0.05, 0) is 6.92 Å². The second kappa shape index (κ2) is 2.87. The first-order chi connectivity index (χ1) is 5.13. The summed E-state index contributed by atoms with van der Waals surface area (Å²) in [6.45, 7) is 2.52. The zero-order valence-corrected chi connectivity index (χ0v) is 6.33. The third-order valence-corrected chi connectivity index (χ3v) is 1.51. The van der Waals surface area contributed by atoms with Crippen LogP contribution in [0.15, 0.2) is 0 Å². The van der Waals surface area contributed by atoms with E-state index in [1.807, 2.05) is 0 Å². The summed E-state index contributed by atoms with van der Waals surface area (Å²) in [6, 6.07) is -0.939. The molecular formula is C6H11N3O2. The molecule has 1 rings (SSSR count). The topological polar surface area (TPSA) is 75.4 Å². The summed E-state index contributed by atoms with van der Waals surface area (Å²) in [7, 11) is 0. The van der Waals surface area contributed by atoms with Crippen LogP contribution in [-0.2, 0) is 4.79 Å². The third kappa shape index (κ3) is 1.48. The second-order valence-electron chi connectivity index (χ2n) is 2.51. The molecule has 0 aromatic heterocycles. The van der Waals surface area contributed by atoms with E-state index in [0.717, 1.165) is 4.90 Å². The number of nitrogens with two attached hydrogens (primary N) is 1. The lowest BCUT2D eigenvalue weighted by molar-refractivity contribution is -0.128. The van der Waals surface area contributed by atoms with Crippen LogP contribution < -0.4 is 11.1 Å². The minimum Gasteiger partial charge on any atom is -0.336 e. The number of hydrogen-bond donors (Lipinski definition) is 2. The first-order valence-corrected chi connectivity index (χ1v) is 3.47. The van der Waals surface area contributed by atoms with Crippen LogP contribution in [-0.4, -0.2) is 36.0 Å². The molecule has 1 unspecified atom stereocenters. The van der Waals surface area contributed by atoms with Crippen molar-refractivity contribution in [1.82, 2.24) is 10.2 Å². The molecule has 11 heavy (non-hydrogen) atoms. The van der Waals surface area contributed by atoms with E-state index in [-0.39, 0.29) is 11.9 Å². The fourth-order valence-electron chi connectivity index (χ4n) is 0.928. The molecule has 0 radical (unpaired) electrons. The molecule has 0 aliphatic carbocycles. The van der Waals surface area contributed by atoms with E-state index in [2.05, 4.69) is 5.32 Å². The highest BCUT2D eigenvalue weighted by Gasteiger charge is 2.27. The van der Waals surface area contributed by atoms with Gasteiger partial charge in [0, 0.05) is 13.1 Å². The quantitative estimate of drug-likeness (QED) is 0.506. The monoisotopic (exact) mass is 157 g/mol. The van der Waals surface area contributed by atoms with Crippen molar-refractivity contribution in [2.45, 2.75) is 13.0 Å². The van der Waals surface area contributed by atoms with Gasteiger partial charge in [-0.1, -0.05) is 0 Å². The average molecular weight is 157 g/mol. The molecule has 0 aromatic rings. The molecule has 0 saturated carbocycles. The maximum Gasteiger partial charge on any atom is 0.324 e. The van der Waals surface area contributed by atoms with Crippen LogP contribution in [0.3, 0.4) is 0 Å². The summed E-state index contributed by atoms with van der Waals surface area (Å²) >= 11 is 0. The molecular weight excluding hydrogens is 146 g/mol. The van der Waals surface area contributed by atoms with E-state index in [4.69, 9.17) is 5.73 Å². The molecule has 0 bridgehead atoms. The van der Waals surface area contributed by atoms with Gasteiger partial charge < -0.3 is 11.1 Å². The van der Waals surface area contributed by atoms with Crippen LogP contribution in [0.5, 0.6) is 0 Å². The highest BCUT2D eigenvalue weighted by atomic mass is 16.2. The lowest BCUT2D eigenvalue weighted by Gasteiger charge is -2.13. The van der Waals surface area contributed by atoms with Crippen LogP contribution in [0.4, 0.5) is 4.79 Å². The Morgan fingerprint density at radius 1 is 1.82 bits per heavy atom. The normalized spacial score (nSPS) is 19.8. The van der Waals surface area contributed by atoms with Crippen LogP contribution in [0.25, 0.3) is 0 Å². The smallest absolute Gasteiger partial charge is 0.324 e. The van der Waals surface area contributed by atoms with Crippen LogP contribution in [0.2, 0.25) is 0 Å². The van der Waals surface area contributed by atoms with Crippen molar-refractivity contribution in [2.24, 2.45) is 5.73 Å². The van der Waals surface area contributed by atoms with Gasteiger partial charge in [0.25, 0.3) is 0 Å². The largest absolute Gasteiger partial charge is 0.336 e. The molecule has 5 heteroatoms. The Balaban J connectivity index is 2.60. The minimum atomic E-state index is -0.598. The lowest BCUT2D eigenvalue weighted by atomic mass is 10.3. The molecule has 62 valence electrons. The van der Waals surface area contributed by atoms with E-state index in [1.165, 1.54) is 0 Å². The second-order valence-corrected chi connectivity index (χ2v) is 2.51. The maximum atomic E-state index is 11.1. The predicted octanol–water partition coefficient (Wildman–Crippen LogP) is -1.11. The van der Waals surface area contributed by atoms with Crippen molar-refractivity contribution in [2.75, 3.05) is 13.1 Å². The highest BCUT2D eigenvalue weighted by molar-refractivity contribution is 5.97. The molecule has 1 heterocycles. The molecule has 3 amide bonds. The Kier molecular flexibility index (Phi) is 2.09. The predicted molar refractivity (Wildman–Crippen MR) is 38.8 cm³/mol. The standard InChI is InChI=1S/C6H11N3O2/c1-4(7)5(10)9-3-2-8-6(9)11/h4H,2-3,7H2,1H3,(H,8,11). The Morgan fingerprint density at radius 3 is 2.82 bits per heavy atom. The molecule has 1 aliphatic rings. The number of nitrogens with one attached hydrogen (secondary N) is 1. The molecule has 5 nitrogen and oxygen atoms in total. The maximum absolute atomic E-state index is 11.1. The number of nitrogens with zero attached hydrogens (tertiary/aromatic N) is 1. The number of hydrogen-bond acceptors (Lipinski definition) is 3. The van der Waals surface area contributed by atoms with E-state index < -0.39 is 6.04 Å². The molecule has 0 spiro atoms. The summed E-state index contributed by atoms with van der Waals surface area (Å²) in [6.07, 6.45) is 0. The van der Waals surface area contributed by atoms with Crippen molar-refractivity contribution in [3.63, 3.8) is 0 Å². The summed E-state index contributed by atoms with van der Waals surface area (Å²) in [5, 5.41) is 2.52. The van der Waals surface area contributed by atoms with Crippen molar-refractivity contribution >= 4 is 11.9 Å². The van der Waals surface area contributed by atoms with Gasteiger partial charge in [-0.25, -0.2) is 4.79 Å². The summed E-state index contributed by atoms with van der Waals surface area (Å²) in [5.74, 6) is -0.319. The van der Waals surface area contributed by atoms with Gasteiger partial charge in [-0.2, -0.15) is 0 Å². The van der Waals surface area contributed by atoms with Gasteiger partial charge in [0.1, 0.15) is 0 Å². The van der Waals surface area contributed by atoms with Gasteiger partial charge in [0.2, 0.25) is 5.91 Å². The zero-order valence-electron chi connectivity index (χ0n) is 6.33. The highest BCUT2D eigenvalue weighted by Crippen LogP contribution is 1.98. The molecule has 3 N–H and O–H groups in total. The van der Waals surface area contributed by atoms with Crippen molar-refractivity contribution < 1.29 is 9.59 Å². The van der Waals surface area contributed by atoms with Crippen molar-refractivity contribution in [3.05, 3.63) is 0 Å². The van der Waals surface area contributed by atoms with Crippen molar-refractivity contribution in [1.29, 1.82) is 0 Å². The molecule has 1 fully saturated rings. The summed E-state index contributed by atoms with van der Waals surface area (Å²) in [4.78, 5) is 23.1.